The summed E-state index contributed by atoms with van der Waals surface area (Å²) in [7, 11) is -3.58. The molecule has 3 aromatic rings. The molecule has 1 saturated heterocycles. The van der Waals surface area contributed by atoms with Gasteiger partial charge in [0.15, 0.2) is 6.29 Å². The first-order valence-electron chi connectivity index (χ1n) is 10.6. The quantitative estimate of drug-likeness (QED) is 0.390. The maximum Gasteiger partial charge on any atom is 0.206 e. The lowest BCUT2D eigenvalue weighted by Gasteiger charge is -2.22. The van der Waals surface area contributed by atoms with Crippen molar-refractivity contribution >= 4 is 21.4 Å². The molecule has 0 aliphatic carbocycles. The number of sulfone groups is 1. The maximum atomic E-state index is 12.8. The van der Waals surface area contributed by atoms with Gasteiger partial charge in [0, 0.05) is 11.6 Å². The Morgan fingerprint density at radius 3 is 2.00 bits per heavy atom. The van der Waals surface area contributed by atoms with Crippen LogP contribution in [-0.4, -0.2) is 34.5 Å². The molecular formula is C25H25ClO5S. The van der Waals surface area contributed by atoms with Crippen LogP contribution >= 0.6 is 11.6 Å². The van der Waals surface area contributed by atoms with Gasteiger partial charge in [0.1, 0.15) is 12.4 Å². The average Bonchev–Trinajstić information content (AvgIpc) is 2.83. The summed E-state index contributed by atoms with van der Waals surface area (Å²) in [5, 5.41) is 0.498. The molecule has 0 spiro atoms. The zero-order valence-corrected chi connectivity index (χ0v) is 19.1. The monoisotopic (exact) mass is 472 g/mol. The minimum atomic E-state index is -3.58. The van der Waals surface area contributed by atoms with E-state index in [2.05, 4.69) is 0 Å². The van der Waals surface area contributed by atoms with Crippen LogP contribution in [-0.2, 0) is 19.3 Å². The molecule has 0 N–H and O–H groups in total. The molecule has 0 aromatic heterocycles. The Morgan fingerprint density at radius 1 is 0.812 bits per heavy atom. The lowest BCUT2D eigenvalue weighted by atomic mass is 10.1. The summed E-state index contributed by atoms with van der Waals surface area (Å²) in [6.07, 6.45) is 3.07. The smallest absolute Gasteiger partial charge is 0.206 e. The molecule has 0 saturated carbocycles. The molecule has 7 heteroatoms. The normalized spacial score (nSPS) is 16.6. The third-order valence-electron chi connectivity index (χ3n) is 5.27. The predicted molar refractivity (Wildman–Crippen MR) is 124 cm³/mol. The Morgan fingerprint density at radius 2 is 1.41 bits per heavy atom. The van der Waals surface area contributed by atoms with Crippen molar-refractivity contribution in [3.8, 4) is 16.9 Å². The molecule has 1 atom stereocenters. The topological polar surface area (TPSA) is 61.8 Å². The highest BCUT2D eigenvalue weighted by molar-refractivity contribution is 7.91. The molecule has 0 bridgehead atoms. The van der Waals surface area contributed by atoms with Crippen LogP contribution in [0, 0.1) is 0 Å². The van der Waals surface area contributed by atoms with Crippen LogP contribution in [0.3, 0.4) is 0 Å². The highest BCUT2D eigenvalue weighted by Crippen LogP contribution is 2.27. The van der Waals surface area contributed by atoms with Crippen molar-refractivity contribution in [3.05, 3.63) is 77.8 Å². The molecule has 1 heterocycles. The van der Waals surface area contributed by atoms with Gasteiger partial charge in [-0.15, -0.1) is 0 Å². The summed E-state index contributed by atoms with van der Waals surface area (Å²) in [4.78, 5) is 0.459. The first-order valence-corrected chi connectivity index (χ1v) is 12.5. The highest BCUT2D eigenvalue weighted by Gasteiger charge is 2.17. The maximum absolute atomic E-state index is 12.8. The van der Waals surface area contributed by atoms with Gasteiger partial charge >= 0.3 is 0 Å². The van der Waals surface area contributed by atoms with E-state index in [-0.39, 0.29) is 16.1 Å². The van der Waals surface area contributed by atoms with Crippen molar-refractivity contribution in [2.75, 3.05) is 19.8 Å². The number of hydrogen-bond acceptors (Lipinski definition) is 5. The molecule has 32 heavy (non-hydrogen) atoms. The molecule has 5 nitrogen and oxygen atoms in total. The zero-order chi connectivity index (χ0) is 22.4. The molecule has 1 fully saturated rings. The van der Waals surface area contributed by atoms with E-state index in [0.29, 0.717) is 18.2 Å². The number of ether oxygens (including phenoxy) is 3. The summed E-state index contributed by atoms with van der Waals surface area (Å²) in [5.74, 6) is 0.754. The minimum absolute atomic E-state index is 0.110. The van der Waals surface area contributed by atoms with Gasteiger partial charge in [0.2, 0.25) is 9.84 Å². The first-order chi connectivity index (χ1) is 15.5. The van der Waals surface area contributed by atoms with E-state index in [1.54, 1.807) is 36.4 Å². The van der Waals surface area contributed by atoms with Crippen LogP contribution in [0.25, 0.3) is 11.1 Å². The predicted octanol–water partition coefficient (Wildman–Crippen LogP) is 5.76. The Labute approximate surface area is 193 Å². The second kappa shape index (κ2) is 10.5. The van der Waals surface area contributed by atoms with Crippen molar-refractivity contribution in [1.82, 2.24) is 0 Å². The van der Waals surface area contributed by atoms with Crippen molar-refractivity contribution in [2.24, 2.45) is 0 Å². The van der Waals surface area contributed by atoms with Gasteiger partial charge < -0.3 is 14.2 Å². The van der Waals surface area contributed by atoms with Gasteiger partial charge in [-0.1, -0.05) is 35.9 Å². The molecule has 168 valence electrons. The molecule has 4 rings (SSSR count). The Hall–Kier alpha value is -2.38. The number of benzene rings is 3. The fraction of sp³-hybridized carbons (Fsp3) is 0.280. The van der Waals surface area contributed by atoms with Crippen LogP contribution in [0.1, 0.15) is 19.3 Å². The Bertz CT molecular complexity index is 1100. The lowest BCUT2D eigenvalue weighted by molar-refractivity contribution is -0.165. The SMILES string of the molecule is O=S(=O)(c1ccc(Cl)cc1)c1ccc(-c2ccc(OCCOC3CCCCO3)cc2)cc1. The fourth-order valence-corrected chi connectivity index (χ4v) is 4.89. The van der Waals surface area contributed by atoms with E-state index in [4.69, 9.17) is 25.8 Å². The molecule has 3 aromatic carbocycles. The van der Waals surface area contributed by atoms with Crippen molar-refractivity contribution in [2.45, 2.75) is 35.3 Å². The van der Waals surface area contributed by atoms with Crippen molar-refractivity contribution in [1.29, 1.82) is 0 Å². The molecule has 0 radical (unpaired) electrons. The third-order valence-corrected chi connectivity index (χ3v) is 7.31. The summed E-state index contributed by atoms with van der Waals surface area (Å²) >= 11 is 5.86. The number of rotatable bonds is 8. The second-order valence-electron chi connectivity index (χ2n) is 7.52. The largest absolute Gasteiger partial charge is 0.491 e. The van der Waals surface area contributed by atoms with E-state index in [0.717, 1.165) is 42.7 Å². The van der Waals surface area contributed by atoms with Crippen LogP contribution < -0.4 is 4.74 Å². The van der Waals surface area contributed by atoms with E-state index < -0.39 is 9.84 Å². The van der Waals surface area contributed by atoms with Gasteiger partial charge in [-0.05, 0) is 78.9 Å². The van der Waals surface area contributed by atoms with Gasteiger partial charge in [0.05, 0.1) is 16.4 Å². The lowest BCUT2D eigenvalue weighted by Crippen LogP contribution is -2.24. The number of halogens is 1. The van der Waals surface area contributed by atoms with E-state index in [1.807, 2.05) is 24.3 Å². The number of hydrogen-bond donors (Lipinski definition) is 0. The van der Waals surface area contributed by atoms with Crippen LogP contribution in [0.5, 0.6) is 5.75 Å². The van der Waals surface area contributed by atoms with E-state index in [1.165, 1.54) is 12.1 Å². The molecular weight excluding hydrogens is 448 g/mol. The van der Waals surface area contributed by atoms with Crippen LogP contribution in [0.2, 0.25) is 5.02 Å². The van der Waals surface area contributed by atoms with Gasteiger partial charge in [-0.2, -0.15) is 0 Å². The van der Waals surface area contributed by atoms with Crippen molar-refractivity contribution < 1.29 is 22.6 Å². The van der Waals surface area contributed by atoms with Crippen LogP contribution in [0.15, 0.2) is 82.6 Å². The van der Waals surface area contributed by atoms with Gasteiger partial charge in [-0.3, -0.25) is 0 Å². The third kappa shape index (κ3) is 5.70. The zero-order valence-electron chi connectivity index (χ0n) is 17.6. The van der Waals surface area contributed by atoms with E-state index in [9.17, 15) is 8.42 Å². The average molecular weight is 473 g/mol. The molecule has 1 aliphatic rings. The summed E-state index contributed by atoms with van der Waals surface area (Å²) in [5.41, 5.74) is 1.89. The highest BCUT2D eigenvalue weighted by atomic mass is 35.5. The van der Waals surface area contributed by atoms with Gasteiger partial charge in [0.25, 0.3) is 0 Å². The Kier molecular flexibility index (Phi) is 7.48. The Balaban J connectivity index is 1.34. The first kappa shape index (κ1) is 22.8. The fourth-order valence-electron chi connectivity index (χ4n) is 3.50. The summed E-state index contributed by atoms with van der Waals surface area (Å²) < 4.78 is 42.5. The molecule has 1 aliphatic heterocycles. The summed E-state index contributed by atoms with van der Waals surface area (Å²) in [6.45, 7) is 1.70. The van der Waals surface area contributed by atoms with E-state index >= 15 is 0 Å². The molecule has 0 amide bonds. The summed E-state index contributed by atoms with van der Waals surface area (Å²) in [6, 6.07) is 20.7. The second-order valence-corrected chi connectivity index (χ2v) is 9.91. The van der Waals surface area contributed by atoms with Gasteiger partial charge in [-0.25, -0.2) is 8.42 Å². The minimum Gasteiger partial charge on any atom is -0.491 e. The molecule has 1 unspecified atom stereocenters. The van der Waals surface area contributed by atoms with Crippen LogP contribution in [0.4, 0.5) is 0 Å². The standard InChI is InChI=1S/C25H25ClO5S/c26-21-8-14-24(15-9-21)32(27,28)23-12-6-20(7-13-23)19-4-10-22(11-5-19)29-17-18-31-25-3-1-2-16-30-25/h4-15,25H,1-3,16-18H2. The van der Waals surface area contributed by atoms with Crippen molar-refractivity contribution in [3.63, 3.8) is 0 Å².